The van der Waals surface area contributed by atoms with Crippen molar-refractivity contribution in [2.24, 2.45) is 10.2 Å². The van der Waals surface area contributed by atoms with Crippen LogP contribution in [0.4, 0.5) is 29.0 Å². The van der Waals surface area contributed by atoms with Crippen molar-refractivity contribution < 1.29 is 0 Å². The van der Waals surface area contributed by atoms with Gasteiger partial charge in [0.25, 0.3) is 0 Å². The van der Waals surface area contributed by atoms with Crippen molar-refractivity contribution in [2.45, 2.75) is 28.0 Å². The predicted molar refractivity (Wildman–Crippen MR) is 161 cm³/mol. The van der Waals surface area contributed by atoms with Gasteiger partial charge in [-0.2, -0.15) is 15.0 Å². The molecule has 37 heavy (non-hydrogen) atoms. The highest BCUT2D eigenvalue weighted by atomic mass is 35.5. The summed E-state index contributed by atoms with van der Waals surface area (Å²) in [5, 5.41) is 19.4. The largest absolute Gasteiger partial charge is 0.354 e. The van der Waals surface area contributed by atoms with E-state index in [1.54, 1.807) is 0 Å². The van der Waals surface area contributed by atoms with Gasteiger partial charge in [0.15, 0.2) is 0 Å². The first-order valence-corrected chi connectivity index (χ1v) is 13.2. The minimum Gasteiger partial charge on any atom is -0.354 e. The number of nitrogens with zero attached hydrogens (tertiary/aromatic N) is 5. The average molecular weight is 564 g/mol. The molecular weight excluding hydrogens is 542 g/mol. The fourth-order valence-corrected chi connectivity index (χ4v) is 4.83. The van der Waals surface area contributed by atoms with Crippen molar-refractivity contribution >= 4 is 100.0 Å². The number of hydrogen-bond acceptors (Lipinski definition) is 10. The molecule has 7 nitrogen and oxygen atoms in total. The summed E-state index contributed by atoms with van der Waals surface area (Å²) in [5.41, 5.74) is 2.01. The lowest BCUT2D eigenvalue weighted by atomic mass is 10.1. The van der Waals surface area contributed by atoms with Crippen LogP contribution in [0.5, 0.6) is 0 Å². The summed E-state index contributed by atoms with van der Waals surface area (Å²) in [6.45, 7) is 2.78. The van der Waals surface area contributed by atoms with Gasteiger partial charge >= 0.3 is 0 Å². The number of benzene rings is 4. The van der Waals surface area contributed by atoms with Crippen molar-refractivity contribution in [3.8, 4) is 0 Å². The first-order chi connectivity index (χ1) is 17.9. The van der Waals surface area contributed by atoms with Crippen molar-refractivity contribution in [3.05, 3.63) is 65.9 Å². The van der Waals surface area contributed by atoms with E-state index in [0.717, 1.165) is 50.0 Å². The Bertz CT molecular complexity index is 1660. The summed E-state index contributed by atoms with van der Waals surface area (Å²) in [6, 6.07) is 19.6. The fraction of sp³-hybridized carbons (Fsp3) is 0.115. The first-order valence-electron chi connectivity index (χ1n) is 11.5. The van der Waals surface area contributed by atoms with E-state index in [-0.39, 0.29) is 5.28 Å². The number of rotatable bonds is 7. The Morgan fingerprint density at radius 1 is 0.811 bits per heavy atom. The van der Waals surface area contributed by atoms with Crippen LogP contribution in [0.25, 0.3) is 21.5 Å². The maximum absolute atomic E-state index is 6.14. The van der Waals surface area contributed by atoms with Crippen LogP contribution in [0.1, 0.15) is 13.3 Å². The van der Waals surface area contributed by atoms with Gasteiger partial charge < -0.3 is 10.6 Å². The molecular formula is C26H22ClN7S3. The van der Waals surface area contributed by atoms with Gasteiger partial charge in [0.05, 0.1) is 11.4 Å². The normalized spacial score (nSPS) is 11.5. The minimum atomic E-state index is 0.0903. The molecule has 0 amide bonds. The molecule has 1 aromatic heterocycles. The van der Waals surface area contributed by atoms with E-state index in [1.807, 2.05) is 60.7 Å². The highest BCUT2D eigenvalue weighted by molar-refractivity contribution is 7.81. The summed E-state index contributed by atoms with van der Waals surface area (Å²) in [6.07, 6.45) is 0.926. The first kappa shape index (κ1) is 25.6. The molecule has 11 heteroatoms. The topological polar surface area (TPSA) is 87.5 Å². The van der Waals surface area contributed by atoms with E-state index in [9.17, 15) is 0 Å². The summed E-state index contributed by atoms with van der Waals surface area (Å²) < 4.78 is 0. The van der Waals surface area contributed by atoms with Gasteiger partial charge in [-0.3, -0.25) is 0 Å². The molecule has 0 bridgehead atoms. The van der Waals surface area contributed by atoms with Crippen molar-refractivity contribution in [1.29, 1.82) is 0 Å². The Morgan fingerprint density at radius 3 is 2.43 bits per heavy atom. The predicted octanol–water partition coefficient (Wildman–Crippen LogP) is 8.68. The van der Waals surface area contributed by atoms with Crippen LogP contribution in [-0.2, 0) is 0 Å². The third-order valence-corrected chi connectivity index (χ3v) is 6.82. The van der Waals surface area contributed by atoms with E-state index in [0.29, 0.717) is 28.2 Å². The highest BCUT2D eigenvalue weighted by Crippen LogP contribution is 2.38. The standard InChI is InChI=1S/C26H22ClN7S3/c1-2-9-28-25-30-24(27)31-26(32-25)29-20-12-16(35)10-15-11-22(36)21(13-18(15)20)34-33-19-8-7-14-5-3-4-6-17(14)23(19)37/h3-8,10-13,35-37H,2,9H2,1H3,(H2,28,29,30,31,32). The molecule has 0 fully saturated rings. The van der Waals surface area contributed by atoms with Gasteiger partial charge in [-0.25, -0.2) is 0 Å². The van der Waals surface area contributed by atoms with E-state index >= 15 is 0 Å². The highest BCUT2D eigenvalue weighted by Gasteiger charge is 2.12. The SMILES string of the molecule is CCCNc1nc(Cl)nc(Nc2cc(S)cc3cc(S)c(N=Nc4ccc5ccccc5c4S)cc23)n1. The molecule has 0 radical (unpaired) electrons. The van der Waals surface area contributed by atoms with Gasteiger partial charge in [0.2, 0.25) is 17.2 Å². The van der Waals surface area contributed by atoms with E-state index < -0.39 is 0 Å². The van der Waals surface area contributed by atoms with Crippen molar-refractivity contribution in [2.75, 3.05) is 17.2 Å². The summed E-state index contributed by atoms with van der Waals surface area (Å²) in [4.78, 5) is 15.0. The van der Waals surface area contributed by atoms with Gasteiger partial charge in [-0.05, 0) is 64.5 Å². The molecule has 1 heterocycles. The molecule has 5 aromatic rings. The Kier molecular flexibility index (Phi) is 7.71. The minimum absolute atomic E-state index is 0.0903. The summed E-state index contributed by atoms with van der Waals surface area (Å²) in [5.74, 6) is 0.716. The molecule has 0 unspecified atom stereocenters. The molecule has 5 rings (SSSR count). The third kappa shape index (κ3) is 5.77. The molecule has 0 spiro atoms. The van der Waals surface area contributed by atoms with Gasteiger partial charge in [0.1, 0.15) is 0 Å². The van der Waals surface area contributed by atoms with Crippen LogP contribution in [-0.4, -0.2) is 21.5 Å². The lowest BCUT2D eigenvalue weighted by Gasteiger charge is -2.12. The Labute approximate surface area is 235 Å². The molecule has 0 aliphatic carbocycles. The average Bonchev–Trinajstić information content (AvgIpc) is 2.87. The molecule has 186 valence electrons. The number of fused-ring (bicyclic) bond motifs is 2. The maximum atomic E-state index is 6.14. The molecule has 0 atom stereocenters. The lowest BCUT2D eigenvalue weighted by molar-refractivity contribution is 0.940. The number of anilines is 3. The summed E-state index contributed by atoms with van der Waals surface area (Å²) in [7, 11) is 0. The molecule has 0 saturated heterocycles. The zero-order valence-corrected chi connectivity index (χ0v) is 23.1. The fourth-order valence-electron chi connectivity index (χ4n) is 3.83. The molecule has 0 aliphatic rings. The second-order valence-corrected chi connectivity index (χ2v) is 10.00. The maximum Gasteiger partial charge on any atom is 0.233 e. The third-order valence-electron chi connectivity index (χ3n) is 5.56. The van der Waals surface area contributed by atoms with E-state index in [2.05, 4.69) is 80.6 Å². The van der Waals surface area contributed by atoms with Crippen LogP contribution in [0.3, 0.4) is 0 Å². The Morgan fingerprint density at radius 2 is 1.59 bits per heavy atom. The number of aromatic nitrogens is 3. The van der Waals surface area contributed by atoms with Crippen molar-refractivity contribution in [3.63, 3.8) is 0 Å². The molecule has 0 aliphatic heterocycles. The number of azo groups is 1. The van der Waals surface area contributed by atoms with Gasteiger partial charge in [-0.1, -0.05) is 37.3 Å². The van der Waals surface area contributed by atoms with Crippen LogP contribution in [0, 0.1) is 0 Å². The van der Waals surface area contributed by atoms with E-state index in [4.69, 9.17) is 11.6 Å². The number of hydrogen-bond donors (Lipinski definition) is 5. The molecule has 2 N–H and O–H groups in total. The summed E-state index contributed by atoms with van der Waals surface area (Å²) >= 11 is 20.0. The van der Waals surface area contributed by atoms with Crippen molar-refractivity contribution in [1.82, 2.24) is 15.0 Å². The van der Waals surface area contributed by atoms with Crippen LogP contribution < -0.4 is 10.6 Å². The van der Waals surface area contributed by atoms with Crippen LogP contribution >= 0.6 is 49.5 Å². The van der Waals surface area contributed by atoms with Gasteiger partial charge in [0, 0.05) is 32.3 Å². The second kappa shape index (κ2) is 11.1. The second-order valence-electron chi connectivity index (χ2n) is 8.21. The monoisotopic (exact) mass is 563 g/mol. The Balaban J connectivity index is 1.53. The Hall–Kier alpha value is -3.05. The zero-order valence-electron chi connectivity index (χ0n) is 19.6. The van der Waals surface area contributed by atoms with Gasteiger partial charge in [-0.15, -0.1) is 48.1 Å². The molecule has 0 saturated carbocycles. The zero-order chi connectivity index (χ0) is 25.9. The van der Waals surface area contributed by atoms with Crippen LogP contribution in [0.15, 0.2) is 85.6 Å². The number of thiol groups is 3. The number of nitrogens with one attached hydrogen (secondary N) is 2. The number of halogens is 1. The lowest BCUT2D eigenvalue weighted by Crippen LogP contribution is -2.08. The smallest absolute Gasteiger partial charge is 0.233 e. The van der Waals surface area contributed by atoms with E-state index in [1.165, 1.54) is 0 Å². The quantitative estimate of drug-likeness (QED) is 0.101. The van der Waals surface area contributed by atoms with Crippen LogP contribution in [0.2, 0.25) is 5.28 Å². The molecule has 4 aromatic carbocycles.